The first kappa shape index (κ1) is 15.7. The van der Waals surface area contributed by atoms with Crippen LogP contribution in [0.5, 0.6) is 0 Å². The van der Waals surface area contributed by atoms with Gasteiger partial charge in [0.15, 0.2) is 8.32 Å². The lowest BCUT2D eigenvalue weighted by Crippen LogP contribution is -2.47. The van der Waals surface area contributed by atoms with Gasteiger partial charge in [-0.25, -0.2) is 0 Å². The van der Waals surface area contributed by atoms with E-state index in [0.717, 1.165) is 12.0 Å². The van der Waals surface area contributed by atoms with Crippen molar-refractivity contribution < 1.29 is 4.43 Å². The predicted octanol–water partition coefficient (Wildman–Crippen LogP) is 5.31. The van der Waals surface area contributed by atoms with Crippen molar-refractivity contribution in [3.8, 4) is 0 Å². The van der Waals surface area contributed by atoms with Gasteiger partial charge in [0.25, 0.3) is 0 Å². The summed E-state index contributed by atoms with van der Waals surface area (Å²) in [5.41, 5.74) is 2.68. The Balaban J connectivity index is 3.00. The van der Waals surface area contributed by atoms with E-state index in [2.05, 4.69) is 67.3 Å². The summed E-state index contributed by atoms with van der Waals surface area (Å²) in [4.78, 5) is 0. The Kier molecular flexibility index (Phi) is 4.05. The summed E-state index contributed by atoms with van der Waals surface area (Å²) < 4.78 is 6.66. The van der Waals surface area contributed by atoms with E-state index in [-0.39, 0.29) is 16.6 Å². The number of hydrogen-bond donors (Lipinski definition) is 0. The zero-order valence-electron chi connectivity index (χ0n) is 13.5. The van der Waals surface area contributed by atoms with E-state index in [0.29, 0.717) is 0 Å². The second-order valence-electron chi connectivity index (χ2n) is 7.89. The Bertz CT molecular complexity index is 369. The summed E-state index contributed by atoms with van der Waals surface area (Å²) in [6.07, 6.45) is 3.63. The van der Waals surface area contributed by atoms with Crippen molar-refractivity contribution in [1.82, 2.24) is 0 Å². The molecule has 0 aromatic carbocycles. The van der Waals surface area contributed by atoms with Crippen LogP contribution < -0.4 is 0 Å². The maximum absolute atomic E-state index is 6.66. The molecule has 0 aliphatic heterocycles. The Morgan fingerprint density at radius 3 is 2.28 bits per heavy atom. The molecular weight excluding hydrogens is 236 g/mol. The molecule has 0 heterocycles. The van der Waals surface area contributed by atoms with Crippen LogP contribution in [0.15, 0.2) is 23.8 Å². The van der Waals surface area contributed by atoms with Crippen LogP contribution in [0.25, 0.3) is 0 Å². The minimum atomic E-state index is -1.73. The van der Waals surface area contributed by atoms with Crippen LogP contribution in [-0.2, 0) is 4.43 Å². The molecule has 1 aliphatic carbocycles. The molecule has 104 valence electrons. The van der Waals surface area contributed by atoms with Crippen LogP contribution in [0.4, 0.5) is 0 Å². The lowest BCUT2D eigenvalue weighted by molar-refractivity contribution is 0.107. The molecule has 18 heavy (non-hydrogen) atoms. The van der Waals surface area contributed by atoms with E-state index in [1.165, 1.54) is 5.57 Å². The highest BCUT2D eigenvalue weighted by Gasteiger charge is 2.45. The maximum Gasteiger partial charge on any atom is 0.192 e. The lowest BCUT2D eigenvalue weighted by Gasteiger charge is -2.43. The molecule has 1 atom stereocenters. The summed E-state index contributed by atoms with van der Waals surface area (Å²) >= 11 is 0. The predicted molar refractivity (Wildman–Crippen MR) is 83.4 cm³/mol. The van der Waals surface area contributed by atoms with E-state index in [4.69, 9.17) is 4.43 Å². The Morgan fingerprint density at radius 2 is 1.89 bits per heavy atom. The molecule has 0 aromatic rings. The minimum Gasteiger partial charge on any atom is -0.409 e. The van der Waals surface area contributed by atoms with Crippen molar-refractivity contribution in [1.29, 1.82) is 0 Å². The molecule has 1 rings (SSSR count). The molecule has 0 saturated heterocycles. The fourth-order valence-corrected chi connectivity index (χ4v) is 3.49. The number of rotatable bonds is 3. The normalized spacial score (nSPS) is 24.0. The SMILES string of the molecule is C=C(C)C1=CCC(C)(C)C1O[Si](C)(C)C(C)(C)C. The molecule has 2 heteroatoms. The van der Waals surface area contributed by atoms with E-state index >= 15 is 0 Å². The third-order valence-corrected chi connectivity index (χ3v) is 8.99. The highest BCUT2D eigenvalue weighted by molar-refractivity contribution is 6.74. The summed E-state index contributed by atoms with van der Waals surface area (Å²) in [5.74, 6) is 0. The van der Waals surface area contributed by atoms with Crippen molar-refractivity contribution in [3.05, 3.63) is 23.8 Å². The largest absolute Gasteiger partial charge is 0.409 e. The first-order chi connectivity index (χ1) is 7.88. The highest BCUT2D eigenvalue weighted by atomic mass is 28.4. The summed E-state index contributed by atoms with van der Waals surface area (Å²) in [6, 6.07) is 0. The van der Waals surface area contributed by atoms with E-state index in [9.17, 15) is 0 Å². The average Bonchev–Trinajstić information content (AvgIpc) is 2.40. The second kappa shape index (κ2) is 4.64. The topological polar surface area (TPSA) is 9.23 Å². The van der Waals surface area contributed by atoms with Crippen LogP contribution in [0.3, 0.4) is 0 Å². The third-order valence-electron chi connectivity index (χ3n) is 4.55. The lowest BCUT2D eigenvalue weighted by atomic mass is 9.85. The Hall–Kier alpha value is -0.343. The molecule has 1 aliphatic rings. The molecule has 0 aromatic heterocycles. The van der Waals surface area contributed by atoms with Gasteiger partial charge in [0.05, 0.1) is 6.10 Å². The van der Waals surface area contributed by atoms with E-state index in [1.54, 1.807) is 0 Å². The van der Waals surface area contributed by atoms with Gasteiger partial charge in [0.1, 0.15) is 0 Å². The Labute approximate surface area is 114 Å². The Morgan fingerprint density at radius 1 is 1.39 bits per heavy atom. The molecule has 0 saturated carbocycles. The minimum absolute atomic E-state index is 0.198. The fraction of sp³-hybridized carbons (Fsp3) is 0.750. The molecule has 1 nitrogen and oxygen atoms in total. The fourth-order valence-electron chi connectivity index (χ4n) is 2.10. The molecule has 0 N–H and O–H groups in total. The van der Waals surface area contributed by atoms with Gasteiger partial charge in [0, 0.05) is 0 Å². The first-order valence-corrected chi connectivity index (χ1v) is 9.83. The smallest absolute Gasteiger partial charge is 0.192 e. The summed E-state index contributed by atoms with van der Waals surface area (Å²) in [6.45, 7) is 22.4. The van der Waals surface area contributed by atoms with Gasteiger partial charge in [-0.3, -0.25) is 0 Å². The van der Waals surface area contributed by atoms with Crippen LogP contribution >= 0.6 is 0 Å². The number of allylic oxidation sites excluding steroid dienone is 1. The van der Waals surface area contributed by atoms with Gasteiger partial charge >= 0.3 is 0 Å². The monoisotopic (exact) mass is 266 g/mol. The molecule has 0 spiro atoms. The second-order valence-corrected chi connectivity index (χ2v) is 12.6. The van der Waals surface area contributed by atoms with Crippen molar-refractivity contribution in [2.75, 3.05) is 0 Å². The van der Waals surface area contributed by atoms with Crippen LogP contribution in [0, 0.1) is 5.41 Å². The number of hydrogen-bond acceptors (Lipinski definition) is 1. The summed E-state index contributed by atoms with van der Waals surface area (Å²) in [5, 5.41) is 0.256. The maximum atomic E-state index is 6.66. The molecule has 0 amide bonds. The quantitative estimate of drug-likeness (QED) is 0.629. The van der Waals surface area contributed by atoms with Gasteiger partial charge in [0.2, 0.25) is 0 Å². The zero-order valence-corrected chi connectivity index (χ0v) is 14.5. The van der Waals surface area contributed by atoms with Crippen LogP contribution in [0.2, 0.25) is 18.1 Å². The van der Waals surface area contributed by atoms with Crippen molar-refractivity contribution in [3.63, 3.8) is 0 Å². The zero-order chi connectivity index (χ0) is 14.4. The van der Waals surface area contributed by atoms with Gasteiger partial charge in [-0.1, -0.05) is 52.8 Å². The van der Waals surface area contributed by atoms with Crippen LogP contribution in [-0.4, -0.2) is 14.4 Å². The highest BCUT2D eigenvalue weighted by Crippen LogP contribution is 2.46. The molecule has 0 bridgehead atoms. The molecule has 1 unspecified atom stereocenters. The summed E-state index contributed by atoms with van der Waals surface area (Å²) in [7, 11) is -1.73. The molecular formula is C16H30OSi. The van der Waals surface area contributed by atoms with E-state index < -0.39 is 8.32 Å². The first-order valence-electron chi connectivity index (χ1n) is 6.92. The standard InChI is InChI=1S/C16H30OSi/c1-12(2)13-10-11-16(6,7)14(13)17-18(8,9)15(3,4)5/h10,14H,1,11H2,2-9H3. The molecule has 0 fully saturated rings. The van der Waals surface area contributed by atoms with Gasteiger partial charge in [-0.05, 0) is 42.5 Å². The van der Waals surface area contributed by atoms with Gasteiger partial charge in [-0.15, -0.1) is 0 Å². The van der Waals surface area contributed by atoms with Gasteiger partial charge < -0.3 is 4.43 Å². The van der Waals surface area contributed by atoms with Crippen LogP contribution in [0.1, 0.15) is 48.0 Å². The van der Waals surface area contributed by atoms with Gasteiger partial charge in [-0.2, -0.15) is 0 Å². The molecule has 0 radical (unpaired) electrons. The van der Waals surface area contributed by atoms with Crippen molar-refractivity contribution >= 4 is 8.32 Å². The third kappa shape index (κ3) is 2.97. The van der Waals surface area contributed by atoms with Crippen molar-refractivity contribution in [2.24, 2.45) is 5.41 Å². The van der Waals surface area contributed by atoms with Crippen molar-refractivity contribution in [2.45, 2.75) is 72.2 Å². The van der Waals surface area contributed by atoms with E-state index in [1.807, 2.05) is 0 Å². The average molecular weight is 267 g/mol.